The number of anilines is 1. The summed E-state index contributed by atoms with van der Waals surface area (Å²) in [6, 6.07) is 11.8. The molecule has 1 aliphatic heterocycles. The summed E-state index contributed by atoms with van der Waals surface area (Å²) in [6.45, 7) is 0.869. The van der Waals surface area contributed by atoms with Gasteiger partial charge in [0, 0.05) is 24.4 Å². The smallest absolute Gasteiger partial charge is 0.262 e. The third-order valence-electron chi connectivity index (χ3n) is 3.54. The number of amides is 2. The highest BCUT2D eigenvalue weighted by Crippen LogP contribution is 2.33. The fourth-order valence-corrected chi connectivity index (χ4v) is 2.31. The maximum atomic E-state index is 12.0. The van der Waals surface area contributed by atoms with Crippen molar-refractivity contribution in [2.45, 2.75) is 0 Å². The molecule has 0 unspecified atom stereocenters. The summed E-state index contributed by atoms with van der Waals surface area (Å²) in [6.07, 6.45) is 0. The second-order valence-electron chi connectivity index (χ2n) is 5.30. The van der Waals surface area contributed by atoms with Crippen molar-refractivity contribution in [2.24, 2.45) is 0 Å². The predicted octanol–water partition coefficient (Wildman–Crippen LogP) is 1.83. The summed E-state index contributed by atoms with van der Waals surface area (Å²) in [5, 5.41) is 5.24. The molecule has 0 radical (unpaired) electrons. The Balaban J connectivity index is 1.53. The Hall–Kier alpha value is -3.22. The van der Waals surface area contributed by atoms with Gasteiger partial charge in [-0.3, -0.25) is 9.59 Å². The first-order chi connectivity index (χ1) is 12.2. The molecule has 0 spiro atoms. The van der Waals surface area contributed by atoms with Crippen LogP contribution < -0.4 is 24.8 Å². The topological polar surface area (TPSA) is 85.9 Å². The van der Waals surface area contributed by atoms with Gasteiger partial charge in [0.25, 0.3) is 11.8 Å². The molecular formula is C18H18N2O5. The van der Waals surface area contributed by atoms with Crippen LogP contribution in [-0.2, 0) is 4.79 Å². The third kappa shape index (κ3) is 4.20. The minimum atomic E-state index is -0.303. The summed E-state index contributed by atoms with van der Waals surface area (Å²) in [5.41, 5.74) is 1.11. The number of nitrogens with one attached hydrogen (secondary N) is 2. The van der Waals surface area contributed by atoms with E-state index in [0.29, 0.717) is 41.7 Å². The van der Waals surface area contributed by atoms with Crippen LogP contribution in [-0.4, -0.2) is 38.7 Å². The van der Waals surface area contributed by atoms with E-state index in [-0.39, 0.29) is 18.4 Å². The Kier molecular flexibility index (Phi) is 5.03. The van der Waals surface area contributed by atoms with Crippen molar-refractivity contribution < 1.29 is 23.8 Å². The lowest BCUT2D eigenvalue weighted by Crippen LogP contribution is -2.21. The molecule has 1 aliphatic rings. The third-order valence-corrected chi connectivity index (χ3v) is 3.54. The van der Waals surface area contributed by atoms with Gasteiger partial charge in [0.15, 0.2) is 18.1 Å². The van der Waals surface area contributed by atoms with Crippen molar-refractivity contribution in [3.63, 3.8) is 0 Å². The molecule has 2 amide bonds. The second kappa shape index (κ2) is 7.57. The van der Waals surface area contributed by atoms with Gasteiger partial charge in [0.05, 0.1) is 0 Å². The number of fused-ring (bicyclic) bond motifs is 1. The molecule has 130 valence electrons. The molecule has 0 fully saturated rings. The summed E-state index contributed by atoms with van der Waals surface area (Å²) >= 11 is 0. The molecule has 7 heteroatoms. The maximum Gasteiger partial charge on any atom is 0.262 e. The Bertz CT molecular complexity index is 774. The van der Waals surface area contributed by atoms with E-state index in [1.54, 1.807) is 49.5 Å². The van der Waals surface area contributed by atoms with Crippen LogP contribution in [0.4, 0.5) is 5.69 Å². The van der Waals surface area contributed by atoms with Crippen molar-refractivity contribution in [2.75, 3.05) is 32.2 Å². The van der Waals surface area contributed by atoms with Gasteiger partial charge in [-0.25, -0.2) is 0 Å². The number of benzene rings is 2. The van der Waals surface area contributed by atoms with Crippen LogP contribution in [0, 0.1) is 0 Å². The molecule has 2 aromatic carbocycles. The fourth-order valence-electron chi connectivity index (χ4n) is 2.31. The molecule has 7 nitrogen and oxygen atoms in total. The van der Waals surface area contributed by atoms with Crippen molar-refractivity contribution in [3.8, 4) is 17.2 Å². The minimum absolute atomic E-state index is 0.142. The number of rotatable bonds is 5. The zero-order valence-electron chi connectivity index (χ0n) is 13.7. The standard InChI is InChI=1S/C18H18N2O5/c1-19-18(22)12-2-4-13(5-3-12)20-17(21)11-25-14-6-7-15-16(10-14)24-9-8-23-15/h2-7,10H,8-9,11H2,1H3,(H,19,22)(H,20,21). The van der Waals surface area contributed by atoms with Crippen LogP contribution in [0.25, 0.3) is 0 Å². The normalized spacial score (nSPS) is 12.2. The Morgan fingerprint density at radius 3 is 2.48 bits per heavy atom. The highest BCUT2D eigenvalue weighted by atomic mass is 16.6. The van der Waals surface area contributed by atoms with E-state index < -0.39 is 0 Å². The molecular weight excluding hydrogens is 324 g/mol. The number of carbonyl (C=O) groups is 2. The molecule has 2 aromatic rings. The van der Waals surface area contributed by atoms with Crippen LogP contribution in [0.15, 0.2) is 42.5 Å². The Morgan fingerprint density at radius 1 is 1.04 bits per heavy atom. The molecule has 0 saturated heterocycles. The van der Waals surface area contributed by atoms with E-state index in [2.05, 4.69) is 10.6 Å². The van der Waals surface area contributed by atoms with E-state index in [1.807, 2.05) is 0 Å². The van der Waals surface area contributed by atoms with Gasteiger partial charge in [-0.05, 0) is 36.4 Å². The van der Waals surface area contributed by atoms with Gasteiger partial charge < -0.3 is 24.8 Å². The van der Waals surface area contributed by atoms with E-state index in [0.717, 1.165) is 0 Å². The van der Waals surface area contributed by atoms with Crippen LogP contribution in [0.3, 0.4) is 0 Å². The number of hydrogen-bond acceptors (Lipinski definition) is 5. The average molecular weight is 342 g/mol. The molecule has 0 aliphatic carbocycles. The van der Waals surface area contributed by atoms with E-state index in [1.165, 1.54) is 0 Å². The van der Waals surface area contributed by atoms with Gasteiger partial charge in [0.1, 0.15) is 19.0 Å². The minimum Gasteiger partial charge on any atom is -0.486 e. The SMILES string of the molecule is CNC(=O)c1ccc(NC(=O)COc2ccc3c(c2)OCCO3)cc1. The first-order valence-corrected chi connectivity index (χ1v) is 7.80. The van der Waals surface area contributed by atoms with Crippen molar-refractivity contribution >= 4 is 17.5 Å². The lowest BCUT2D eigenvalue weighted by Gasteiger charge is -2.18. The summed E-state index contributed by atoms with van der Waals surface area (Å²) in [5.74, 6) is 1.31. The van der Waals surface area contributed by atoms with E-state index in [9.17, 15) is 9.59 Å². The summed E-state index contributed by atoms with van der Waals surface area (Å²) in [7, 11) is 1.56. The summed E-state index contributed by atoms with van der Waals surface area (Å²) in [4.78, 5) is 23.4. The average Bonchev–Trinajstić information content (AvgIpc) is 2.66. The maximum absolute atomic E-state index is 12.0. The molecule has 0 bridgehead atoms. The van der Waals surface area contributed by atoms with Crippen LogP contribution in [0.5, 0.6) is 17.2 Å². The molecule has 0 saturated carbocycles. The van der Waals surface area contributed by atoms with Gasteiger partial charge in [-0.15, -0.1) is 0 Å². The monoisotopic (exact) mass is 342 g/mol. The van der Waals surface area contributed by atoms with Gasteiger partial charge >= 0.3 is 0 Å². The Labute approximate surface area is 144 Å². The quantitative estimate of drug-likeness (QED) is 0.866. The zero-order valence-corrected chi connectivity index (χ0v) is 13.7. The second-order valence-corrected chi connectivity index (χ2v) is 5.30. The fraction of sp³-hybridized carbons (Fsp3) is 0.222. The zero-order chi connectivity index (χ0) is 17.6. The van der Waals surface area contributed by atoms with Crippen LogP contribution in [0.2, 0.25) is 0 Å². The highest BCUT2D eigenvalue weighted by Gasteiger charge is 2.13. The first-order valence-electron chi connectivity index (χ1n) is 7.80. The molecule has 1 heterocycles. The molecule has 2 N–H and O–H groups in total. The predicted molar refractivity (Wildman–Crippen MR) is 91.4 cm³/mol. The number of carbonyl (C=O) groups excluding carboxylic acids is 2. The van der Waals surface area contributed by atoms with Crippen LogP contribution >= 0.6 is 0 Å². The highest BCUT2D eigenvalue weighted by molar-refractivity contribution is 5.95. The van der Waals surface area contributed by atoms with Gasteiger partial charge in [0.2, 0.25) is 0 Å². The van der Waals surface area contributed by atoms with Crippen LogP contribution in [0.1, 0.15) is 10.4 Å². The molecule has 0 aromatic heterocycles. The Morgan fingerprint density at radius 2 is 1.76 bits per heavy atom. The first kappa shape index (κ1) is 16.6. The number of ether oxygens (including phenoxy) is 3. The lowest BCUT2D eigenvalue weighted by atomic mass is 10.2. The molecule has 3 rings (SSSR count). The van der Waals surface area contributed by atoms with Gasteiger partial charge in [-0.2, -0.15) is 0 Å². The largest absolute Gasteiger partial charge is 0.486 e. The lowest BCUT2D eigenvalue weighted by molar-refractivity contribution is -0.118. The number of hydrogen-bond donors (Lipinski definition) is 2. The van der Waals surface area contributed by atoms with Crippen molar-refractivity contribution in [1.82, 2.24) is 5.32 Å². The van der Waals surface area contributed by atoms with Gasteiger partial charge in [-0.1, -0.05) is 0 Å². The van der Waals surface area contributed by atoms with Crippen molar-refractivity contribution in [1.29, 1.82) is 0 Å². The van der Waals surface area contributed by atoms with E-state index in [4.69, 9.17) is 14.2 Å². The van der Waals surface area contributed by atoms with Crippen molar-refractivity contribution in [3.05, 3.63) is 48.0 Å². The summed E-state index contributed by atoms with van der Waals surface area (Å²) < 4.78 is 16.4. The van der Waals surface area contributed by atoms with E-state index >= 15 is 0 Å². The molecule has 0 atom stereocenters. The molecule has 25 heavy (non-hydrogen) atoms.